The van der Waals surface area contributed by atoms with Crippen molar-refractivity contribution >= 4 is 11.6 Å². The monoisotopic (exact) mass is 284 g/mol. The van der Waals surface area contributed by atoms with Gasteiger partial charge in [-0.2, -0.15) is 0 Å². The first-order valence-corrected chi connectivity index (χ1v) is 6.89. The van der Waals surface area contributed by atoms with Gasteiger partial charge in [-0.25, -0.2) is 0 Å². The highest BCUT2D eigenvalue weighted by Crippen LogP contribution is 2.28. The number of rotatable bonds is 4. The second-order valence-corrected chi connectivity index (χ2v) is 5.05. The van der Waals surface area contributed by atoms with Crippen LogP contribution in [0.15, 0.2) is 42.5 Å². The van der Waals surface area contributed by atoms with Crippen LogP contribution in [0.25, 0.3) is 0 Å². The highest BCUT2D eigenvalue weighted by atomic mass is 16.5. The average Bonchev–Trinajstić information content (AvgIpc) is 2.47. The van der Waals surface area contributed by atoms with Crippen molar-refractivity contribution in [1.82, 2.24) is 4.90 Å². The van der Waals surface area contributed by atoms with Crippen molar-refractivity contribution in [2.75, 3.05) is 19.8 Å². The molecule has 2 aromatic rings. The molecule has 0 saturated heterocycles. The van der Waals surface area contributed by atoms with Gasteiger partial charge in [-0.1, -0.05) is 19.1 Å². The third-order valence-electron chi connectivity index (χ3n) is 3.20. The van der Waals surface area contributed by atoms with Gasteiger partial charge in [-0.3, -0.25) is 4.79 Å². The van der Waals surface area contributed by atoms with Gasteiger partial charge >= 0.3 is 0 Å². The molecule has 0 saturated carbocycles. The van der Waals surface area contributed by atoms with E-state index in [0.29, 0.717) is 22.7 Å². The largest absolute Gasteiger partial charge is 0.456 e. The minimum Gasteiger partial charge on any atom is -0.456 e. The first-order chi connectivity index (χ1) is 10.0. The Morgan fingerprint density at radius 1 is 1.14 bits per heavy atom. The number of nitrogen functional groups attached to an aromatic ring is 1. The molecule has 0 atom stereocenters. The molecule has 0 bridgehead atoms. The number of benzene rings is 2. The van der Waals surface area contributed by atoms with Crippen LogP contribution in [-0.2, 0) is 6.42 Å². The van der Waals surface area contributed by atoms with Crippen molar-refractivity contribution in [1.29, 1.82) is 0 Å². The molecule has 0 aromatic heterocycles. The Morgan fingerprint density at radius 3 is 2.38 bits per heavy atom. The van der Waals surface area contributed by atoms with Crippen LogP contribution in [0.4, 0.5) is 5.69 Å². The lowest BCUT2D eigenvalue weighted by Gasteiger charge is -2.15. The molecule has 2 N–H and O–H groups in total. The first kappa shape index (κ1) is 14.9. The summed E-state index contributed by atoms with van der Waals surface area (Å²) in [6.07, 6.45) is 0.975. The molecule has 21 heavy (non-hydrogen) atoms. The van der Waals surface area contributed by atoms with E-state index >= 15 is 0 Å². The summed E-state index contributed by atoms with van der Waals surface area (Å²) in [5.41, 5.74) is 8.09. The zero-order chi connectivity index (χ0) is 15.4. The van der Waals surface area contributed by atoms with Crippen LogP contribution in [0, 0.1) is 0 Å². The molecule has 4 nitrogen and oxygen atoms in total. The normalized spacial score (nSPS) is 10.2. The van der Waals surface area contributed by atoms with Gasteiger partial charge in [0, 0.05) is 25.8 Å². The maximum absolute atomic E-state index is 12.2. The quantitative estimate of drug-likeness (QED) is 0.876. The molecule has 2 rings (SSSR count). The summed E-state index contributed by atoms with van der Waals surface area (Å²) in [5.74, 6) is 1.04. The SMILES string of the molecule is CCc1ccc(Oc2cc(N)ccc2C(=O)N(C)C)cc1. The predicted molar refractivity (Wildman–Crippen MR) is 84.8 cm³/mol. The minimum absolute atomic E-state index is 0.116. The van der Waals surface area contributed by atoms with Crippen molar-refractivity contribution in [2.45, 2.75) is 13.3 Å². The van der Waals surface area contributed by atoms with E-state index in [1.54, 1.807) is 32.3 Å². The Morgan fingerprint density at radius 2 is 1.81 bits per heavy atom. The van der Waals surface area contributed by atoms with Crippen LogP contribution in [-0.4, -0.2) is 24.9 Å². The molecule has 110 valence electrons. The number of hydrogen-bond acceptors (Lipinski definition) is 3. The zero-order valence-corrected chi connectivity index (χ0v) is 12.6. The molecule has 0 aliphatic carbocycles. The number of nitrogens with zero attached hydrogens (tertiary/aromatic N) is 1. The van der Waals surface area contributed by atoms with Crippen molar-refractivity contribution in [3.63, 3.8) is 0 Å². The standard InChI is InChI=1S/C17H20N2O2/c1-4-12-5-8-14(9-6-12)21-16-11-13(18)7-10-15(16)17(20)19(2)3/h5-11H,4,18H2,1-3H3. The van der Waals surface area contributed by atoms with Gasteiger partial charge in [-0.15, -0.1) is 0 Å². The van der Waals surface area contributed by atoms with Gasteiger partial charge in [0.05, 0.1) is 5.56 Å². The molecule has 0 unspecified atom stereocenters. The first-order valence-electron chi connectivity index (χ1n) is 6.89. The number of carbonyl (C=O) groups excluding carboxylic acids is 1. The van der Waals surface area contributed by atoms with Gasteiger partial charge in [0.15, 0.2) is 0 Å². The summed E-state index contributed by atoms with van der Waals surface area (Å²) in [6, 6.07) is 12.9. The summed E-state index contributed by atoms with van der Waals surface area (Å²) in [5, 5.41) is 0. The van der Waals surface area contributed by atoms with Crippen LogP contribution >= 0.6 is 0 Å². The van der Waals surface area contributed by atoms with Gasteiger partial charge in [-0.05, 0) is 36.2 Å². The van der Waals surface area contributed by atoms with E-state index < -0.39 is 0 Å². The summed E-state index contributed by atoms with van der Waals surface area (Å²) in [6.45, 7) is 2.10. The fraction of sp³-hybridized carbons (Fsp3) is 0.235. The number of amides is 1. The Kier molecular flexibility index (Phi) is 4.48. The smallest absolute Gasteiger partial charge is 0.257 e. The summed E-state index contributed by atoms with van der Waals surface area (Å²) in [4.78, 5) is 13.7. The molecular formula is C17H20N2O2. The van der Waals surface area contributed by atoms with Crippen LogP contribution < -0.4 is 10.5 Å². The number of anilines is 1. The van der Waals surface area contributed by atoms with Crippen LogP contribution in [0.5, 0.6) is 11.5 Å². The number of carbonyl (C=O) groups is 1. The maximum Gasteiger partial charge on any atom is 0.257 e. The van der Waals surface area contributed by atoms with Gasteiger partial charge in [0.1, 0.15) is 11.5 Å². The molecule has 0 aliphatic rings. The molecular weight excluding hydrogens is 264 g/mol. The Bertz CT molecular complexity index is 634. The van der Waals surface area contributed by atoms with E-state index in [0.717, 1.165) is 6.42 Å². The van der Waals surface area contributed by atoms with E-state index in [4.69, 9.17) is 10.5 Å². The van der Waals surface area contributed by atoms with E-state index in [1.165, 1.54) is 10.5 Å². The number of aryl methyl sites for hydroxylation is 1. The number of ether oxygens (including phenoxy) is 1. The Balaban J connectivity index is 2.33. The van der Waals surface area contributed by atoms with Crippen LogP contribution in [0.3, 0.4) is 0 Å². The minimum atomic E-state index is -0.116. The topological polar surface area (TPSA) is 55.6 Å². The van der Waals surface area contributed by atoms with Crippen LogP contribution in [0.1, 0.15) is 22.8 Å². The van der Waals surface area contributed by atoms with E-state index in [-0.39, 0.29) is 5.91 Å². The van der Waals surface area contributed by atoms with E-state index in [1.807, 2.05) is 24.3 Å². The molecule has 0 fully saturated rings. The molecule has 0 radical (unpaired) electrons. The lowest BCUT2D eigenvalue weighted by atomic mass is 10.1. The van der Waals surface area contributed by atoms with Gasteiger partial charge < -0.3 is 15.4 Å². The van der Waals surface area contributed by atoms with Gasteiger partial charge in [0.25, 0.3) is 5.91 Å². The zero-order valence-electron chi connectivity index (χ0n) is 12.6. The summed E-state index contributed by atoms with van der Waals surface area (Å²) in [7, 11) is 3.41. The molecule has 1 amide bonds. The summed E-state index contributed by atoms with van der Waals surface area (Å²) < 4.78 is 5.83. The lowest BCUT2D eigenvalue weighted by molar-refractivity contribution is 0.0825. The van der Waals surface area contributed by atoms with Crippen molar-refractivity contribution < 1.29 is 9.53 Å². The predicted octanol–water partition coefficient (Wildman–Crippen LogP) is 3.33. The van der Waals surface area contributed by atoms with E-state index in [2.05, 4.69) is 6.92 Å². The summed E-state index contributed by atoms with van der Waals surface area (Å²) >= 11 is 0. The molecule has 0 aliphatic heterocycles. The fourth-order valence-corrected chi connectivity index (χ4v) is 1.96. The average molecular weight is 284 g/mol. The Hall–Kier alpha value is -2.49. The highest BCUT2D eigenvalue weighted by molar-refractivity contribution is 5.97. The third kappa shape index (κ3) is 3.54. The van der Waals surface area contributed by atoms with E-state index in [9.17, 15) is 4.79 Å². The van der Waals surface area contributed by atoms with Gasteiger partial charge in [0.2, 0.25) is 0 Å². The second kappa shape index (κ2) is 6.31. The molecule has 0 spiro atoms. The molecule has 2 aromatic carbocycles. The van der Waals surface area contributed by atoms with Crippen molar-refractivity contribution in [3.8, 4) is 11.5 Å². The second-order valence-electron chi connectivity index (χ2n) is 5.05. The lowest BCUT2D eigenvalue weighted by Crippen LogP contribution is -2.22. The van der Waals surface area contributed by atoms with Crippen molar-refractivity contribution in [2.24, 2.45) is 0 Å². The van der Waals surface area contributed by atoms with Crippen molar-refractivity contribution in [3.05, 3.63) is 53.6 Å². The maximum atomic E-state index is 12.2. The highest BCUT2D eigenvalue weighted by Gasteiger charge is 2.15. The molecule has 4 heteroatoms. The molecule has 0 heterocycles. The third-order valence-corrected chi connectivity index (χ3v) is 3.20. The Labute approximate surface area is 125 Å². The number of nitrogens with two attached hydrogens (primary N) is 1. The number of hydrogen-bond donors (Lipinski definition) is 1. The fourth-order valence-electron chi connectivity index (χ4n) is 1.96. The van der Waals surface area contributed by atoms with Crippen LogP contribution in [0.2, 0.25) is 0 Å².